The van der Waals surface area contributed by atoms with Gasteiger partial charge in [0.1, 0.15) is 5.69 Å². The first-order valence-electron chi connectivity index (χ1n) is 10.2. The summed E-state index contributed by atoms with van der Waals surface area (Å²) in [4.78, 5) is 46.3. The maximum Gasteiger partial charge on any atom is 0.411 e. The lowest BCUT2D eigenvalue weighted by Crippen LogP contribution is -2.72. The molecule has 4 heterocycles. The van der Waals surface area contributed by atoms with Gasteiger partial charge in [0, 0.05) is 36.5 Å². The zero-order chi connectivity index (χ0) is 19.8. The normalized spacial score (nSPS) is 25.2. The van der Waals surface area contributed by atoms with E-state index in [0.717, 1.165) is 23.7 Å². The molecule has 1 unspecified atom stereocenters. The highest BCUT2D eigenvalue weighted by Crippen LogP contribution is 2.42. The average molecular weight is 394 g/mol. The van der Waals surface area contributed by atoms with Crippen LogP contribution in [0.1, 0.15) is 23.3 Å². The van der Waals surface area contributed by atoms with Crippen LogP contribution in [0.5, 0.6) is 0 Å². The van der Waals surface area contributed by atoms with Gasteiger partial charge in [0.2, 0.25) is 5.91 Å². The molecule has 1 aromatic heterocycles. The SMILES string of the molecule is O=C(c1cc2ccccc2[nH]1)N1CCN2C(=O)OC3(CN(C(=O)C4CC4)C3)C2C1. The minimum absolute atomic E-state index is 0.0689. The third-order valence-corrected chi connectivity index (χ3v) is 6.72. The number of benzene rings is 1. The molecule has 8 heteroatoms. The highest BCUT2D eigenvalue weighted by molar-refractivity contribution is 5.98. The molecule has 3 amide bonds. The topological polar surface area (TPSA) is 85.9 Å². The predicted molar refractivity (Wildman–Crippen MR) is 103 cm³/mol. The Morgan fingerprint density at radius 1 is 1.10 bits per heavy atom. The van der Waals surface area contributed by atoms with Crippen LogP contribution >= 0.6 is 0 Å². The molecule has 150 valence electrons. The number of hydrogen-bond donors (Lipinski definition) is 1. The molecule has 3 saturated heterocycles. The number of piperazine rings is 1. The zero-order valence-electron chi connectivity index (χ0n) is 16.0. The third kappa shape index (κ3) is 2.47. The molecule has 0 radical (unpaired) electrons. The molecule has 1 aromatic carbocycles. The Morgan fingerprint density at radius 2 is 1.90 bits per heavy atom. The third-order valence-electron chi connectivity index (χ3n) is 6.72. The average Bonchev–Trinajstić information content (AvgIpc) is 3.40. The van der Waals surface area contributed by atoms with Crippen molar-refractivity contribution in [1.29, 1.82) is 0 Å². The van der Waals surface area contributed by atoms with Crippen LogP contribution in [0, 0.1) is 5.92 Å². The van der Waals surface area contributed by atoms with Crippen LogP contribution in [0.15, 0.2) is 30.3 Å². The number of hydrogen-bond acceptors (Lipinski definition) is 4. The number of carbonyl (C=O) groups is 3. The summed E-state index contributed by atoms with van der Waals surface area (Å²) in [6.07, 6.45) is 1.60. The van der Waals surface area contributed by atoms with Crippen molar-refractivity contribution in [3.05, 3.63) is 36.0 Å². The Balaban J connectivity index is 1.21. The highest BCUT2D eigenvalue weighted by atomic mass is 16.6. The first-order chi connectivity index (χ1) is 14.0. The van der Waals surface area contributed by atoms with Crippen molar-refractivity contribution < 1.29 is 19.1 Å². The van der Waals surface area contributed by atoms with Crippen LogP contribution < -0.4 is 0 Å². The number of para-hydroxylation sites is 1. The van der Waals surface area contributed by atoms with Crippen LogP contribution in [0.4, 0.5) is 4.79 Å². The van der Waals surface area contributed by atoms with Crippen molar-refractivity contribution >= 4 is 28.8 Å². The fourth-order valence-corrected chi connectivity index (χ4v) is 4.92. The molecule has 1 N–H and O–H groups in total. The summed E-state index contributed by atoms with van der Waals surface area (Å²) in [6.45, 7) is 2.22. The monoisotopic (exact) mass is 394 g/mol. The highest BCUT2D eigenvalue weighted by Gasteiger charge is 2.63. The molecule has 6 rings (SSSR count). The van der Waals surface area contributed by atoms with Gasteiger partial charge in [-0.3, -0.25) is 14.5 Å². The Hall–Kier alpha value is -3.03. The van der Waals surface area contributed by atoms with E-state index < -0.39 is 5.60 Å². The van der Waals surface area contributed by atoms with Gasteiger partial charge in [0.15, 0.2) is 5.60 Å². The molecule has 1 aliphatic carbocycles. The first kappa shape index (κ1) is 16.9. The van der Waals surface area contributed by atoms with Crippen LogP contribution in [-0.4, -0.2) is 82.0 Å². The van der Waals surface area contributed by atoms with Gasteiger partial charge < -0.3 is 19.5 Å². The van der Waals surface area contributed by atoms with Gasteiger partial charge in [-0.15, -0.1) is 0 Å². The van der Waals surface area contributed by atoms with Crippen LogP contribution in [-0.2, 0) is 9.53 Å². The number of H-pyrrole nitrogens is 1. The molecule has 3 aliphatic heterocycles. The Bertz CT molecular complexity index is 1000. The molecular formula is C21H22N4O4. The lowest BCUT2D eigenvalue weighted by atomic mass is 9.84. The van der Waals surface area contributed by atoms with Gasteiger partial charge in [-0.05, 0) is 25.0 Å². The van der Waals surface area contributed by atoms with Gasteiger partial charge in [-0.25, -0.2) is 4.79 Å². The Labute approximate surface area is 167 Å². The van der Waals surface area contributed by atoms with Gasteiger partial charge >= 0.3 is 6.09 Å². The smallest absolute Gasteiger partial charge is 0.411 e. The number of likely N-dealkylation sites (tertiary alicyclic amines) is 1. The lowest BCUT2D eigenvalue weighted by molar-refractivity contribution is -0.156. The van der Waals surface area contributed by atoms with E-state index in [1.165, 1.54) is 0 Å². The maximum atomic E-state index is 13.1. The van der Waals surface area contributed by atoms with E-state index in [4.69, 9.17) is 4.74 Å². The molecule has 29 heavy (non-hydrogen) atoms. The number of fused-ring (bicyclic) bond motifs is 3. The van der Waals surface area contributed by atoms with E-state index in [9.17, 15) is 14.4 Å². The predicted octanol–water partition coefficient (Wildman–Crippen LogP) is 1.44. The van der Waals surface area contributed by atoms with Crippen LogP contribution in [0.3, 0.4) is 0 Å². The molecule has 4 aliphatic rings. The fraction of sp³-hybridized carbons (Fsp3) is 0.476. The quantitative estimate of drug-likeness (QED) is 0.835. The van der Waals surface area contributed by atoms with Crippen molar-refractivity contribution in [2.24, 2.45) is 5.92 Å². The number of ether oxygens (including phenoxy) is 1. The molecule has 0 bridgehead atoms. The first-order valence-corrected chi connectivity index (χ1v) is 10.2. The Kier molecular flexibility index (Phi) is 3.34. The standard InChI is InChI=1S/C21H22N4O4/c26-18(13-5-6-13)24-11-21(12-24)17-10-23(7-8-25(17)20(28)29-21)19(27)16-9-14-3-1-2-4-15(14)22-16/h1-4,9,13,17,22H,5-8,10-12H2. The number of carbonyl (C=O) groups excluding carboxylic acids is 3. The van der Waals surface area contributed by atoms with Crippen LogP contribution in [0.2, 0.25) is 0 Å². The van der Waals surface area contributed by atoms with Crippen molar-refractivity contribution in [2.45, 2.75) is 24.5 Å². The fourth-order valence-electron chi connectivity index (χ4n) is 4.92. The summed E-state index contributed by atoms with van der Waals surface area (Å²) >= 11 is 0. The largest absolute Gasteiger partial charge is 0.437 e. The number of aromatic nitrogens is 1. The maximum absolute atomic E-state index is 13.1. The van der Waals surface area contributed by atoms with E-state index in [0.29, 0.717) is 38.4 Å². The molecule has 2 aromatic rings. The van der Waals surface area contributed by atoms with Crippen molar-refractivity contribution in [1.82, 2.24) is 19.7 Å². The molecule has 1 atom stereocenters. The summed E-state index contributed by atoms with van der Waals surface area (Å²) in [5.74, 6) is 0.263. The molecule has 8 nitrogen and oxygen atoms in total. The molecule has 1 saturated carbocycles. The van der Waals surface area contributed by atoms with Crippen molar-refractivity contribution in [3.8, 4) is 0 Å². The minimum Gasteiger partial charge on any atom is -0.437 e. The molecule has 1 spiro atoms. The van der Waals surface area contributed by atoms with Gasteiger partial charge in [0.25, 0.3) is 5.91 Å². The summed E-state index contributed by atoms with van der Waals surface area (Å²) in [7, 11) is 0. The zero-order valence-corrected chi connectivity index (χ0v) is 16.0. The van der Waals surface area contributed by atoms with Gasteiger partial charge in [-0.2, -0.15) is 0 Å². The second-order valence-electron chi connectivity index (χ2n) is 8.63. The lowest BCUT2D eigenvalue weighted by Gasteiger charge is -2.51. The van der Waals surface area contributed by atoms with Gasteiger partial charge in [0.05, 0.1) is 19.1 Å². The summed E-state index contributed by atoms with van der Waals surface area (Å²) < 4.78 is 5.74. The Morgan fingerprint density at radius 3 is 2.66 bits per heavy atom. The van der Waals surface area contributed by atoms with Crippen LogP contribution in [0.25, 0.3) is 10.9 Å². The molecule has 4 fully saturated rings. The van der Waals surface area contributed by atoms with Crippen molar-refractivity contribution in [2.75, 3.05) is 32.7 Å². The number of nitrogens with one attached hydrogen (secondary N) is 1. The molecular weight excluding hydrogens is 372 g/mol. The number of amides is 3. The van der Waals surface area contributed by atoms with E-state index in [1.54, 1.807) is 14.7 Å². The summed E-state index contributed by atoms with van der Waals surface area (Å²) in [5, 5.41) is 0.999. The minimum atomic E-state index is -0.680. The number of aromatic amines is 1. The van der Waals surface area contributed by atoms with Crippen molar-refractivity contribution in [3.63, 3.8) is 0 Å². The van der Waals surface area contributed by atoms with Gasteiger partial charge in [-0.1, -0.05) is 18.2 Å². The van der Waals surface area contributed by atoms with E-state index >= 15 is 0 Å². The summed E-state index contributed by atoms with van der Waals surface area (Å²) in [6, 6.07) is 9.46. The number of nitrogens with zero attached hydrogens (tertiary/aromatic N) is 3. The van der Waals surface area contributed by atoms with E-state index in [-0.39, 0.29) is 29.9 Å². The second kappa shape index (κ2) is 5.75. The van der Waals surface area contributed by atoms with E-state index in [1.807, 2.05) is 30.3 Å². The van der Waals surface area contributed by atoms with E-state index in [2.05, 4.69) is 4.98 Å². The second-order valence-corrected chi connectivity index (χ2v) is 8.63. The number of rotatable bonds is 2. The summed E-state index contributed by atoms with van der Waals surface area (Å²) in [5.41, 5.74) is 0.803.